The number of amides is 1. The number of ether oxygens (including phenoxy) is 1. The summed E-state index contributed by atoms with van der Waals surface area (Å²) in [6.07, 6.45) is 0.772. The smallest absolute Gasteiger partial charge is 0.265 e. The summed E-state index contributed by atoms with van der Waals surface area (Å²) >= 11 is 1.34. The highest BCUT2D eigenvalue weighted by atomic mass is 32.1. The lowest BCUT2D eigenvalue weighted by molar-refractivity contribution is 0.0925. The second-order valence-corrected chi connectivity index (χ2v) is 8.24. The van der Waals surface area contributed by atoms with Crippen LogP contribution in [0.15, 0.2) is 60.9 Å². The molecular weight excluding hydrogens is 420 g/mol. The third-order valence-corrected chi connectivity index (χ3v) is 6.24. The second kappa shape index (κ2) is 8.03. The molecule has 156 valence electrons. The van der Waals surface area contributed by atoms with Crippen LogP contribution >= 0.6 is 11.3 Å². The molecule has 1 amide bonds. The number of carbonyl (C=O) groups is 1. The van der Waals surface area contributed by atoms with Crippen molar-refractivity contribution in [3.05, 3.63) is 77.6 Å². The van der Waals surface area contributed by atoms with Gasteiger partial charge in [-0.15, -0.1) is 11.3 Å². The van der Waals surface area contributed by atoms with Gasteiger partial charge in [0.25, 0.3) is 12.3 Å². The van der Waals surface area contributed by atoms with Crippen molar-refractivity contribution in [2.75, 3.05) is 6.61 Å². The molecule has 3 heterocycles. The average molecular weight is 437 g/mol. The van der Waals surface area contributed by atoms with E-state index in [9.17, 15) is 13.6 Å². The van der Waals surface area contributed by atoms with E-state index in [1.807, 2.05) is 24.3 Å². The van der Waals surface area contributed by atoms with Crippen molar-refractivity contribution in [1.29, 1.82) is 0 Å². The molecule has 0 spiro atoms. The van der Waals surface area contributed by atoms with Gasteiger partial charge in [-0.2, -0.15) is 0 Å². The van der Waals surface area contributed by atoms with Crippen molar-refractivity contribution < 1.29 is 18.3 Å². The van der Waals surface area contributed by atoms with Gasteiger partial charge >= 0.3 is 0 Å². The Labute approximate surface area is 180 Å². The van der Waals surface area contributed by atoms with Crippen LogP contribution in [0.3, 0.4) is 0 Å². The molecule has 0 bridgehead atoms. The third kappa shape index (κ3) is 3.86. The molecule has 0 fully saturated rings. The Hall–Kier alpha value is -3.39. The molecule has 0 aliphatic carbocycles. The van der Waals surface area contributed by atoms with E-state index in [0.29, 0.717) is 34.7 Å². The minimum absolute atomic E-state index is 0.117. The predicted molar refractivity (Wildman–Crippen MR) is 115 cm³/mol. The molecule has 4 aromatic rings. The summed E-state index contributed by atoms with van der Waals surface area (Å²) in [6, 6.07) is 14.2. The molecule has 1 aliphatic heterocycles. The van der Waals surface area contributed by atoms with Crippen LogP contribution in [0.2, 0.25) is 0 Å². The predicted octanol–water partition coefficient (Wildman–Crippen LogP) is 5.55. The zero-order valence-corrected chi connectivity index (χ0v) is 17.0. The van der Waals surface area contributed by atoms with E-state index in [1.165, 1.54) is 23.6 Å². The van der Waals surface area contributed by atoms with Crippen LogP contribution in [0, 0.1) is 0 Å². The van der Waals surface area contributed by atoms with Crippen LogP contribution in [0.1, 0.15) is 40.4 Å². The molecule has 1 N–H and O–H groups in total. The standard InChI is InChI=1S/C23H17F2N3O2S/c24-21(25)14-9-15(12-26-11-14)23-28-18-6-5-13(10-20(18)31-23)22(29)27-17-7-8-30-19-4-2-1-3-16(17)19/h1-6,9-12,17,21H,7-8H2,(H,27,29). The molecule has 2 aromatic heterocycles. The molecule has 0 saturated heterocycles. The minimum atomic E-state index is -2.59. The first-order valence-electron chi connectivity index (χ1n) is 9.75. The summed E-state index contributed by atoms with van der Waals surface area (Å²) < 4.78 is 32.4. The first-order chi connectivity index (χ1) is 15.1. The van der Waals surface area contributed by atoms with Crippen molar-refractivity contribution in [2.45, 2.75) is 18.9 Å². The first-order valence-corrected chi connectivity index (χ1v) is 10.6. The maximum absolute atomic E-state index is 13.0. The van der Waals surface area contributed by atoms with Crippen molar-refractivity contribution >= 4 is 27.5 Å². The van der Waals surface area contributed by atoms with Crippen LogP contribution in [0.25, 0.3) is 20.8 Å². The Morgan fingerprint density at radius 1 is 1.16 bits per heavy atom. The number of hydrogen-bond acceptors (Lipinski definition) is 5. The summed E-state index contributed by atoms with van der Waals surface area (Å²) in [4.78, 5) is 21.3. The van der Waals surface area contributed by atoms with Gasteiger partial charge in [0, 0.05) is 41.1 Å². The highest BCUT2D eigenvalue weighted by molar-refractivity contribution is 7.21. The number of pyridine rings is 1. The Kier molecular flexibility index (Phi) is 5.07. The van der Waals surface area contributed by atoms with E-state index in [2.05, 4.69) is 15.3 Å². The van der Waals surface area contributed by atoms with Gasteiger partial charge in [-0.3, -0.25) is 9.78 Å². The number of rotatable bonds is 4. The normalized spacial score (nSPS) is 15.5. The summed E-state index contributed by atoms with van der Waals surface area (Å²) in [6.45, 7) is 0.547. The van der Waals surface area contributed by atoms with E-state index in [4.69, 9.17) is 4.74 Å². The van der Waals surface area contributed by atoms with Crippen molar-refractivity contribution in [3.8, 4) is 16.3 Å². The van der Waals surface area contributed by atoms with Crippen LogP contribution in [-0.2, 0) is 0 Å². The highest BCUT2D eigenvalue weighted by Gasteiger charge is 2.23. The van der Waals surface area contributed by atoms with E-state index in [1.54, 1.807) is 18.2 Å². The number of thiazole rings is 1. The third-order valence-electron chi connectivity index (χ3n) is 5.17. The second-order valence-electron chi connectivity index (χ2n) is 7.21. The molecule has 2 aromatic carbocycles. The summed E-state index contributed by atoms with van der Waals surface area (Å²) in [5.74, 6) is 0.612. The summed E-state index contributed by atoms with van der Waals surface area (Å²) in [7, 11) is 0. The van der Waals surface area contributed by atoms with Gasteiger partial charge < -0.3 is 10.1 Å². The minimum Gasteiger partial charge on any atom is -0.493 e. The molecule has 5 nitrogen and oxygen atoms in total. The number of alkyl halides is 2. The first kappa shape index (κ1) is 19.6. The average Bonchev–Trinajstić information content (AvgIpc) is 3.23. The Balaban J connectivity index is 1.40. The van der Waals surface area contributed by atoms with Crippen LogP contribution < -0.4 is 10.1 Å². The number of para-hydroxylation sites is 1. The monoisotopic (exact) mass is 437 g/mol. The van der Waals surface area contributed by atoms with Gasteiger partial charge in [0.2, 0.25) is 0 Å². The maximum Gasteiger partial charge on any atom is 0.265 e. The quantitative estimate of drug-likeness (QED) is 0.455. The van der Waals surface area contributed by atoms with Crippen LogP contribution in [0.4, 0.5) is 8.78 Å². The van der Waals surface area contributed by atoms with Gasteiger partial charge in [0.15, 0.2) is 0 Å². The fraction of sp³-hybridized carbons (Fsp3) is 0.174. The maximum atomic E-state index is 13.0. The molecule has 8 heteroatoms. The lowest BCUT2D eigenvalue weighted by Crippen LogP contribution is -2.32. The number of fused-ring (bicyclic) bond motifs is 2. The van der Waals surface area contributed by atoms with Crippen LogP contribution in [-0.4, -0.2) is 22.5 Å². The molecule has 1 atom stereocenters. The molecule has 31 heavy (non-hydrogen) atoms. The van der Waals surface area contributed by atoms with Gasteiger partial charge in [0.05, 0.1) is 22.9 Å². The highest BCUT2D eigenvalue weighted by Crippen LogP contribution is 2.34. The number of carbonyl (C=O) groups excluding carboxylic acids is 1. The zero-order valence-electron chi connectivity index (χ0n) is 16.2. The molecule has 1 aliphatic rings. The lowest BCUT2D eigenvalue weighted by Gasteiger charge is -2.26. The van der Waals surface area contributed by atoms with E-state index in [-0.39, 0.29) is 17.5 Å². The Morgan fingerprint density at radius 2 is 2.03 bits per heavy atom. The largest absolute Gasteiger partial charge is 0.493 e. The van der Waals surface area contributed by atoms with Gasteiger partial charge in [-0.1, -0.05) is 18.2 Å². The van der Waals surface area contributed by atoms with Crippen molar-refractivity contribution in [2.24, 2.45) is 0 Å². The summed E-state index contributed by atoms with van der Waals surface area (Å²) in [5.41, 5.74) is 2.58. The lowest BCUT2D eigenvalue weighted by atomic mass is 10.00. The molecule has 5 rings (SSSR count). The molecule has 1 unspecified atom stereocenters. The number of benzene rings is 2. The van der Waals surface area contributed by atoms with Crippen molar-refractivity contribution in [1.82, 2.24) is 15.3 Å². The number of halogens is 2. The van der Waals surface area contributed by atoms with E-state index >= 15 is 0 Å². The molecule has 0 radical (unpaired) electrons. The number of nitrogens with zero attached hydrogens (tertiary/aromatic N) is 2. The fourth-order valence-corrected chi connectivity index (χ4v) is 4.60. The van der Waals surface area contributed by atoms with E-state index < -0.39 is 6.43 Å². The topological polar surface area (TPSA) is 64.1 Å². The molecule has 0 saturated carbocycles. The van der Waals surface area contributed by atoms with Gasteiger partial charge in [0.1, 0.15) is 10.8 Å². The fourth-order valence-electron chi connectivity index (χ4n) is 3.62. The Morgan fingerprint density at radius 3 is 2.90 bits per heavy atom. The van der Waals surface area contributed by atoms with E-state index in [0.717, 1.165) is 22.2 Å². The number of aromatic nitrogens is 2. The SMILES string of the molecule is O=C(NC1CCOc2ccccc21)c1ccc2nc(-c3cncc(C(F)F)c3)sc2c1. The number of nitrogens with one attached hydrogen (secondary N) is 1. The van der Waals surface area contributed by atoms with Crippen LogP contribution in [0.5, 0.6) is 5.75 Å². The van der Waals surface area contributed by atoms with Crippen molar-refractivity contribution in [3.63, 3.8) is 0 Å². The zero-order chi connectivity index (χ0) is 21.4. The molecular formula is C23H17F2N3O2S. The summed E-state index contributed by atoms with van der Waals surface area (Å²) in [5, 5.41) is 3.67. The van der Waals surface area contributed by atoms with Gasteiger partial charge in [-0.05, 0) is 30.3 Å². The number of hydrogen-bond donors (Lipinski definition) is 1. The van der Waals surface area contributed by atoms with Gasteiger partial charge in [-0.25, -0.2) is 13.8 Å². The Bertz CT molecular complexity index is 1270.